The number of carbonyl (C=O) groups excluding carboxylic acids is 1. The van der Waals surface area contributed by atoms with Crippen molar-refractivity contribution in [3.8, 4) is 11.5 Å². The Kier molecular flexibility index (Phi) is 7.34. The largest absolute Gasteiger partial charge is 0.490 e. The highest BCUT2D eigenvalue weighted by Gasteiger charge is 2.25. The van der Waals surface area contributed by atoms with Crippen LogP contribution in [0.25, 0.3) is 0 Å². The number of benzene rings is 1. The Labute approximate surface area is 143 Å². The first-order valence-electron chi connectivity index (χ1n) is 8.72. The van der Waals surface area contributed by atoms with Crippen LogP contribution in [0, 0.1) is 5.92 Å². The van der Waals surface area contributed by atoms with Gasteiger partial charge in [-0.1, -0.05) is 13.8 Å². The predicted octanol–water partition coefficient (Wildman–Crippen LogP) is 1.57. The van der Waals surface area contributed by atoms with E-state index in [4.69, 9.17) is 9.47 Å². The molecule has 1 heterocycles. The number of aliphatic hydroxyl groups is 1. The van der Waals surface area contributed by atoms with E-state index in [0.29, 0.717) is 43.4 Å². The summed E-state index contributed by atoms with van der Waals surface area (Å²) < 4.78 is 11.4. The number of hydrogen-bond acceptors (Lipinski definition) is 5. The van der Waals surface area contributed by atoms with Crippen molar-refractivity contribution in [3.05, 3.63) is 23.8 Å². The van der Waals surface area contributed by atoms with Gasteiger partial charge < -0.3 is 25.2 Å². The lowest BCUT2D eigenvalue weighted by Crippen LogP contribution is -2.34. The van der Waals surface area contributed by atoms with Gasteiger partial charge in [-0.05, 0) is 31.0 Å². The van der Waals surface area contributed by atoms with Crippen LogP contribution in [0.15, 0.2) is 18.2 Å². The Morgan fingerprint density at radius 2 is 1.92 bits per heavy atom. The van der Waals surface area contributed by atoms with Crippen molar-refractivity contribution >= 4 is 5.91 Å². The Morgan fingerprint density at radius 1 is 1.21 bits per heavy atom. The molecule has 3 N–H and O–H groups in total. The quantitative estimate of drug-likeness (QED) is 0.638. The molecule has 2 atom stereocenters. The molecule has 1 aliphatic rings. The topological polar surface area (TPSA) is 79.8 Å². The number of ether oxygens (including phenoxy) is 2. The van der Waals surface area contributed by atoms with Crippen LogP contribution in [0.5, 0.6) is 11.5 Å². The van der Waals surface area contributed by atoms with Gasteiger partial charge in [0, 0.05) is 31.1 Å². The van der Waals surface area contributed by atoms with E-state index in [9.17, 15) is 9.90 Å². The van der Waals surface area contributed by atoms with Gasteiger partial charge in [0.25, 0.3) is 5.91 Å². The van der Waals surface area contributed by atoms with E-state index >= 15 is 0 Å². The van der Waals surface area contributed by atoms with Crippen LogP contribution in [0.2, 0.25) is 0 Å². The fraction of sp³-hybridized carbons (Fsp3) is 0.611. The summed E-state index contributed by atoms with van der Waals surface area (Å²) in [6.07, 6.45) is 1.39. The molecule has 1 saturated heterocycles. The van der Waals surface area contributed by atoms with E-state index in [-0.39, 0.29) is 11.8 Å². The lowest BCUT2D eigenvalue weighted by molar-refractivity contribution is 0.0926. The molecule has 0 bridgehead atoms. The molecule has 0 spiro atoms. The second kappa shape index (κ2) is 9.49. The smallest absolute Gasteiger partial charge is 0.251 e. The molecule has 0 saturated carbocycles. The van der Waals surface area contributed by atoms with Crippen LogP contribution in [-0.2, 0) is 0 Å². The molecule has 2 unspecified atom stereocenters. The van der Waals surface area contributed by atoms with Crippen molar-refractivity contribution in [3.63, 3.8) is 0 Å². The van der Waals surface area contributed by atoms with Gasteiger partial charge in [-0.3, -0.25) is 4.79 Å². The molecule has 0 aliphatic carbocycles. The molecule has 2 rings (SSSR count). The molecule has 0 aromatic heterocycles. The maximum Gasteiger partial charge on any atom is 0.251 e. The van der Waals surface area contributed by atoms with Gasteiger partial charge in [-0.15, -0.1) is 0 Å². The lowest BCUT2D eigenvalue weighted by Gasteiger charge is -2.16. The Morgan fingerprint density at radius 3 is 2.54 bits per heavy atom. The summed E-state index contributed by atoms with van der Waals surface area (Å²) in [4.78, 5) is 12.3. The zero-order chi connectivity index (χ0) is 17.4. The van der Waals surface area contributed by atoms with Gasteiger partial charge in [0.05, 0.1) is 19.3 Å². The minimum Gasteiger partial charge on any atom is -0.490 e. The predicted molar refractivity (Wildman–Crippen MR) is 92.7 cm³/mol. The van der Waals surface area contributed by atoms with Crippen molar-refractivity contribution in [2.24, 2.45) is 5.92 Å². The van der Waals surface area contributed by atoms with Gasteiger partial charge in [0.1, 0.15) is 0 Å². The number of carbonyl (C=O) groups is 1. The fourth-order valence-corrected chi connectivity index (χ4v) is 2.56. The number of amides is 1. The van der Waals surface area contributed by atoms with Gasteiger partial charge in [0.15, 0.2) is 11.5 Å². The molecule has 24 heavy (non-hydrogen) atoms. The zero-order valence-electron chi connectivity index (χ0n) is 14.5. The standard InChI is InChI=1S/C18H28N2O4/c1-3-7-23-16-6-5-13(9-17(16)24-8-4-2)18(22)20-11-14-10-19-12-15(14)21/h5-6,9,14-15,19,21H,3-4,7-8,10-12H2,1-2H3,(H,20,22). The Balaban J connectivity index is 2.00. The third-order valence-electron chi connectivity index (χ3n) is 3.96. The van der Waals surface area contributed by atoms with E-state index in [1.54, 1.807) is 18.2 Å². The molecule has 6 heteroatoms. The molecule has 134 valence electrons. The normalized spacial score (nSPS) is 20.0. The first-order valence-corrected chi connectivity index (χ1v) is 8.72. The van der Waals surface area contributed by atoms with Gasteiger partial charge >= 0.3 is 0 Å². The zero-order valence-corrected chi connectivity index (χ0v) is 14.5. The summed E-state index contributed by atoms with van der Waals surface area (Å²) in [5.74, 6) is 1.15. The van der Waals surface area contributed by atoms with E-state index in [1.165, 1.54) is 0 Å². The van der Waals surface area contributed by atoms with Crippen molar-refractivity contribution in [2.75, 3.05) is 32.8 Å². The van der Waals surface area contributed by atoms with Crippen molar-refractivity contribution in [2.45, 2.75) is 32.8 Å². The molecular formula is C18H28N2O4. The first-order chi connectivity index (χ1) is 11.7. The number of nitrogens with one attached hydrogen (secondary N) is 2. The summed E-state index contributed by atoms with van der Waals surface area (Å²) in [6.45, 7) is 7.01. The van der Waals surface area contributed by atoms with E-state index in [1.807, 2.05) is 13.8 Å². The third-order valence-corrected chi connectivity index (χ3v) is 3.96. The fourth-order valence-electron chi connectivity index (χ4n) is 2.56. The maximum atomic E-state index is 12.3. The van der Waals surface area contributed by atoms with Crippen LogP contribution in [0.3, 0.4) is 0 Å². The van der Waals surface area contributed by atoms with Crippen molar-refractivity contribution < 1.29 is 19.4 Å². The molecule has 1 aromatic rings. The number of β-amino-alcohol motifs (C(OH)–C–C–N with tert-alkyl or cyclic N) is 1. The molecule has 0 radical (unpaired) electrons. The molecule has 6 nitrogen and oxygen atoms in total. The maximum absolute atomic E-state index is 12.3. The Bertz CT molecular complexity index is 536. The average Bonchev–Trinajstić information content (AvgIpc) is 3.01. The molecule has 1 aliphatic heterocycles. The summed E-state index contributed by atoms with van der Waals surface area (Å²) >= 11 is 0. The van der Waals surface area contributed by atoms with Crippen LogP contribution in [0.4, 0.5) is 0 Å². The summed E-state index contributed by atoms with van der Waals surface area (Å²) in [5.41, 5.74) is 0.533. The van der Waals surface area contributed by atoms with Gasteiger partial charge in [0.2, 0.25) is 0 Å². The summed E-state index contributed by atoms with van der Waals surface area (Å²) in [6, 6.07) is 5.24. The number of rotatable bonds is 9. The molecule has 1 aromatic carbocycles. The highest BCUT2D eigenvalue weighted by atomic mass is 16.5. The van der Waals surface area contributed by atoms with E-state index in [0.717, 1.165) is 19.4 Å². The number of aliphatic hydroxyl groups excluding tert-OH is 1. The van der Waals surface area contributed by atoms with Crippen molar-refractivity contribution in [1.29, 1.82) is 0 Å². The minimum absolute atomic E-state index is 0.0527. The second-order valence-corrected chi connectivity index (χ2v) is 6.05. The van der Waals surface area contributed by atoms with Crippen molar-refractivity contribution in [1.82, 2.24) is 10.6 Å². The Hall–Kier alpha value is -1.79. The second-order valence-electron chi connectivity index (χ2n) is 6.05. The van der Waals surface area contributed by atoms with E-state index < -0.39 is 6.10 Å². The summed E-state index contributed by atoms with van der Waals surface area (Å²) in [7, 11) is 0. The van der Waals surface area contributed by atoms with Crippen LogP contribution < -0.4 is 20.1 Å². The SMILES string of the molecule is CCCOc1ccc(C(=O)NCC2CNCC2O)cc1OCCC. The monoisotopic (exact) mass is 336 g/mol. The third kappa shape index (κ3) is 5.11. The molecular weight excluding hydrogens is 308 g/mol. The average molecular weight is 336 g/mol. The van der Waals surface area contributed by atoms with Crippen LogP contribution >= 0.6 is 0 Å². The summed E-state index contributed by atoms with van der Waals surface area (Å²) in [5, 5.41) is 15.8. The molecule has 1 amide bonds. The first kappa shape index (κ1) is 18.5. The minimum atomic E-state index is -0.404. The van der Waals surface area contributed by atoms with Crippen LogP contribution in [-0.4, -0.2) is 50.0 Å². The highest BCUT2D eigenvalue weighted by Crippen LogP contribution is 2.29. The highest BCUT2D eigenvalue weighted by molar-refractivity contribution is 5.94. The van der Waals surface area contributed by atoms with E-state index in [2.05, 4.69) is 10.6 Å². The van der Waals surface area contributed by atoms with Gasteiger partial charge in [-0.25, -0.2) is 0 Å². The van der Waals surface area contributed by atoms with Gasteiger partial charge in [-0.2, -0.15) is 0 Å². The lowest BCUT2D eigenvalue weighted by atomic mass is 10.1. The number of hydrogen-bond donors (Lipinski definition) is 3. The van der Waals surface area contributed by atoms with Crippen LogP contribution in [0.1, 0.15) is 37.0 Å². The molecule has 1 fully saturated rings.